The van der Waals surface area contributed by atoms with Crippen molar-refractivity contribution in [3.63, 3.8) is 0 Å². The average Bonchev–Trinajstić information content (AvgIpc) is 2.63. The Kier molecular flexibility index (Phi) is 4.71. The smallest absolute Gasteiger partial charge is 0.280 e. The Labute approximate surface area is 144 Å². The number of fused-ring (bicyclic) bond motifs is 1. The molecular weight excluding hydrogens is 320 g/mol. The first-order valence-corrected chi connectivity index (χ1v) is 8.85. The molecule has 3 rings (SSSR count). The number of hydrogen-bond acceptors (Lipinski definition) is 3. The minimum Gasteiger partial charge on any atom is -0.329 e. The van der Waals surface area contributed by atoms with Gasteiger partial charge in [-0.1, -0.05) is 54.2 Å². The summed E-state index contributed by atoms with van der Waals surface area (Å²) in [6.07, 6.45) is 1.74. The van der Waals surface area contributed by atoms with E-state index >= 15 is 0 Å². The number of rotatable bonds is 3. The molecule has 24 heavy (non-hydrogen) atoms. The number of carbonyl (C=O) groups excluding carboxylic acids is 1. The molecule has 0 aliphatic rings. The Morgan fingerprint density at radius 3 is 2.46 bits per heavy atom. The van der Waals surface area contributed by atoms with Crippen molar-refractivity contribution >= 4 is 27.9 Å². The molecule has 0 saturated carbocycles. The highest BCUT2D eigenvalue weighted by Crippen LogP contribution is 2.25. The zero-order valence-electron chi connectivity index (χ0n) is 13.6. The van der Waals surface area contributed by atoms with Crippen molar-refractivity contribution in [2.24, 2.45) is 0 Å². The van der Waals surface area contributed by atoms with Gasteiger partial charge in [-0.25, -0.2) is 0 Å². The van der Waals surface area contributed by atoms with E-state index in [-0.39, 0.29) is 10.7 Å². The molecular formula is C19H18N2O2S. The summed E-state index contributed by atoms with van der Waals surface area (Å²) in [6.45, 7) is 2.15. The zero-order chi connectivity index (χ0) is 17.1. The maximum absolute atomic E-state index is 12.8. The fourth-order valence-corrected chi connectivity index (χ4v) is 3.09. The minimum absolute atomic E-state index is 0.0249. The van der Waals surface area contributed by atoms with Crippen LogP contribution in [0.25, 0.3) is 22.2 Å². The summed E-state index contributed by atoms with van der Waals surface area (Å²) in [5.74, 6) is 0. The number of nitrogens with zero attached hydrogens (tertiary/aromatic N) is 1. The third-order valence-corrected chi connectivity index (χ3v) is 4.53. The minimum atomic E-state index is -0.102. The van der Waals surface area contributed by atoms with Crippen LogP contribution < -0.4 is 10.7 Å². The van der Waals surface area contributed by atoms with Gasteiger partial charge in [-0.05, 0) is 30.9 Å². The summed E-state index contributed by atoms with van der Waals surface area (Å²) in [6, 6.07) is 17.3. The van der Waals surface area contributed by atoms with Crippen LogP contribution in [-0.4, -0.2) is 16.1 Å². The Hall–Kier alpha value is -2.53. The van der Waals surface area contributed by atoms with Gasteiger partial charge in [-0.3, -0.25) is 9.59 Å². The highest BCUT2D eigenvalue weighted by Gasteiger charge is 2.15. The molecule has 2 aromatic carbocycles. The van der Waals surface area contributed by atoms with E-state index in [2.05, 4.69) is 5.32 Å². The van der Waals surface area contributed by atoms with Crippen LogP contribution in [0.15, 0.2) is 59.4 Å². The predicted molar refractivity (Wildman–Crippen MR) is 100 cm³/mol. The topological polar surface area (TPSA) is 51.1 Å². The number of thioether (sulfide) groups is 1. The van der Waals surface area contributed by atoms with E-state index in [4.69, 9.17) is 0 Å². The third kappa shape index (κ3) is 2.95. The second kappa shape index (κ2) is 6.93. The van der Waals surface area contributed by atoms with Crippen molar-refractivity contribution in [1.29, 1.82) is 0 Å². The molecule has 122 valence electrons. The molecule has 4 nitrogen and oxygen atoms in total. The van der Waals surface area contributed by atoms with Crippen molar-refractivity contribution < 1.29 is 4.79 Å². The van der Waals surface area contributed by atoms with Gasteiger partial charge in [-0.2, -0.15) is 0 Å². The van der Waals surface area contributed by atoms with E-state index in [0.29, 0.717) is 17.6 Å². The summed E-state index contributed by atoms with van der Waals surface area (Å²) in [4.78, 5) is 24.5. The van der Waals surface area contributed by atoms with Gasteiger partial charge in [0.2, 0.25) is 0 Å². The van der Waals surface area contributed by atoms with Gasteiger partial charge in [-0.15, -0.1) is 0 Å². The van der Waals surface area contributed by atoms with Crippen molar-refractivity contribution in [2.45, 2.75) is 13.6 Å². The summed E-state index contributed by atoms with van der Waals surface area (Å²) in [5, 5.41) is 3.44. The van der Waals surface area contributed by atoms with Gasteiger partial charge in [0.25, 0.3) is 5.24 Å². The molecule has 0 fully saturated rings. The first kappa shape index (κ1) is 16.3. The highest BCUT2D eigenvalue weighted by atomic mass is 32.2. The van der Waals surface area contributed by atoms with Crippen LogP contribution in [0.1, 0.15) is 5.56 Å². The van der Waals surface area contributed by atoms with Gasteiger partial charge < -0.3 is 9.88 Å². The Morgan fingerprint density at radius 2 is 1.75 bits per heavy atom. The lowest BCUT2D eigenvalue weighted by Gasteiger charge is -2.20. The van der Waals surface area contributed by atoms with Crippen molar-refractivity contribution in [2.75, 3.05) is 6.26 Å². The van der Waals surface area contributed by atoms with Gasteiger partial charge in [0.1, 0.15) is 0 Å². The highest BCUT2D eigenvalue weighted by molar-refractivity contribution is 8.12. The quantitative estimate of drug-likeness (QED) is 0.785. The summed E-state index contributed by atoms with van der Waals surface area (Å²) in [7, 11) is 0. The average molecular weight is 338 g/mol. The molecule has 0 unspecified atom stereocenters. The molecule has 5 heteroatoms. The third-order valence-electron chi connectivity index (χ3n) is 4.02. The molecule has 3 aromatic rings. The number of aromatic nitrogens is 1. The van der Waals surface area contributed by atoms with Crippen LogP contribution in [0.5, 0.6) is 0 Å². The first-order valence-electron chi connectivity index (χ1n) is 7.63. The van der Waals surface area contributed by atoms with Gasteiger partial charge in [0.15, 0.2) is 5.43 Å². The van der Waals surface area contributed by atoms with Crippen LogP contribution >= 0.6 is 11.8 Å². The van der Waals surface area contributed by atoms with Crippen molar-refractivity contribution in [3.05, 3.63) is 70.4 Å². The molecule has 1 aromatic heterocycles. The Balaban J connectivity index is 2.30. The normalized spacial score (nSPS) is 10.8. The molecule has 1 N–H and O–H groups in total. The number of nitrogens with one attached hydrogen (secondary N) is 1. The van der Waals surface area contributed by atoms with Crippen LogP contribution in [0.4, 0.5) is 4.79 Å². The largest absolute Gasteiger partial charge is 0.329 e. The maximum Gasteiger partial charge on any atom is 0.280 e. The van der Waals surface area contributed by atoms with E-state index in [0.717, 1.165) is 28.5 Å². The number of para-hydroxylation sites is 1. The molecule has 0 radical (unpaired) electrons. The van der Waals surface area contributed by atoms with E-state index < -0.39 is 0 Å². The molecule has 1 heterocycles. The number of carbonyl (C=O) groups is 1. The lowest BCUT2D eigenvalue weighted by atomic mass is 10.0. The maximum atomic E-state index is 12.8. The molecule has 0 saturated heterocycles. The number of benzene rings is 2. The van der Waals surface area contributed by atoms with E-state index in [1.807, 2.05) is 66.1 Å². The lowest BCUT2D eigenvalue weighted by molar-refractivity contribution is 0.259. The molecule has 0 aliphatic carbocycles. The molecule has 1 amide bonds. The summed E-state index contributed by atoms with van der Waals surface area (Å²) in [5.41, 5.74) is 3.31. The zero-order valence-corrected chi connectivity index (χ0v) is 14.4. The number of pyridine rings is 1. The van der Waals surface area contributed by atoms with Gasteiger partial charge in [0, 0.05) is 10.9 Å². The second-order valence-corrected chi connectivity index (χ2v) is 6.22. The van der Waals surface area contributed by atoms with Crippen molar-refractivity contribution in [3.8, 4) is 11.3 Å². The van der Waals surface area contributed by atoms with E-state index in [1.165, 1.54) is 0 Å². The Morgan fingerprint density at radius 1 is 1.08 bits per heavy atom. The second-order valence-electron chi connectivity index (χ2n) is 5.44. The predicted octanol–water partition coefficient (Wildman–Crippen LogP) is 4.01. The summed E-state index contributed by atoms with van der Waals surface area (Å²) >= 11 is 1.13. The molecule has 0 atom stereocenters. The standard InChI is InChI=1S/C19H18N2O2S/c1-13-17(14-8-4-3-5-9-14)21(12-20-19(23)24-2)16-11-7-6-10-15(16)18(13)22/h3-11H,12H2,1-2H3,(H,20,23). The monoisotopic (exact) mass is 338 g/mol. The van der Waals surface area contributed by atoms with Crippen LogP contribution in [0.2, 0.25) is 0 Å². The first-order chi connectivity index (χ1) is 11.6. The van der Waals surface area contributed by atoms with Crippen molar-refractivity contribution in [1.82, 2.24) is 9.88 Å². The van der Waals surface area contributed by atoms with Crippen LogP contribution in [0, 0.1) is 6.92 Å². The van der Waals surface area contributed by atoms with Crippen LogP contribution in [0.3, 0.4) is 0 Å². The fraction of sp³-hybridized carbons (Fsp3) is 0.158. The van der Waals surface area contributed by atoms with Gasteiger partial charge in [0.05, 0.1) is 17.9 Å². The molecule has 0 spiro atoms. The SMILES string of the molecule is CSC(=O)NCn1c(-c2ccccc2)c(C)c(=O)c2ccccc21. The van der Waals surface area contributed by atoms with Crippen LogP contribution in [-0.2, 0) is 6.67 Å². The Bertz CT molecular complexity index is 949. The number of amides is 1. The van der Waals surface area contributed by atoms with Gasteiger partial charge >= 0.3 is 0 Å². The molecule has 0 bridgehead atoms. The number of hydrogen-bond donors (Lipinski definition) is 1. The van der Waals surface area contributed by atoms with E-state index in [9.17, 15) is 9.59 Å². The fourth-order valence-electron chi connectivity index (χ4n) is 2.88. The lowest BCUT2D eigenvalue weighted by Crippen LogP contribution is -2.26. The summed E-state index contributed by atoms with van der Waals surface area (Å²) < 4.78 is 2.00. The molecule has 0 aliphatic heterocycles. The van der Waals surface area contributed by atoms with E-state index in [1.54, 1.807) is 6.26 Å².